The molecule has 0 saturated heterocycles. The fraction of sp³-hybridized carbons (Fsp3) is 0.333. The molecule has 0 aliphatic heterocycles. The lowest BCUT2D eigenvalue weighted by molar-refractivity contribution is 0.0693. The van der Waals surface area contributed by atoms with Crippen molar-refractivity contribution < 1.29 is 14.6 Å². The van der Waals surface area contributed by atoms with Crippen molar-refractivity contribution in [3.8, 4) is 5.75 Å². The Morgan fingerprint density at radius 1 is 1.56 bits per heavy atom. The summed E-state index contributed by atoms with van der Waals surface area (Å²) in [6.07, 6.45) is 3.13. The molecule has 2 aromatic rings. The van der Waals surface area contributed by atoms with Gasteiger partial charge in [-0.05, 0) is 25.1 Å². The van der Waals surface area contributed by atoms with Crippen LogP contribution in [0.2, 0.25) is 0 Å². The van der Waals surface area contributed by atoms with Crippen LogP contribution in [0.1, 0.15) is 22.7 Å². The maximum atomic E-state index is 11.1. The number of nitrogens with two attached hydrogens (primary N) is 1. The number of hydrogen-bond acceptors (Lipinski definition) is 4. The second kappa shape index (κ2) is 5.05. The van der Waals surface area contributed by atoms with E-state index >= 15 is 0 Å². The van der Waals surface area contributed by atoms with Gasteiger partial charge in [0, 0.05) is 6.42 Å². The standard InChI is InChI=1S/C12H15N3O3/c1-18-8-4-5-9-11(12(16)17)14-10(3-2-6-13)15(9)7-8/h4-5,7H,2-3,6,13H2,1H3,(H,16,17). The van der Waals surface area contributed by atoms with Crippen LogP contribution in [0.25, 0.3) is 5.52 Å². The molecular formula is C12H15N3O3. The van der Waals surface area contributed by atoms with Gasteiger partial charge in [-0.1, -0.05) is 0 Å². The maximum absolute atomic E-state index is 11.1. The quantitative estimate of drug-likeness (QED) is 0.822. The maximum Gasteiger partial charge on any atom is 0.356 e. The number of aromatic nitrogens is 2. The van der Waals surface area contributed by atoms with Gasteiger partial charge < -0.3 is 15.6 Å². The first-order valence-electron chi connectivity index (χ1n) is 5.65. The first-order valence-corrected chi connectivity index (χ1v) is 5.65. The van der Waals surface area contributed by atoms with Crippen molar-refractivity contribution in [3.05, 3.63) is 29.8 Å². The Labute approximate surface area is 104 Å². The summed E-state index contributed by atoms with van der Waals surface area (Å²) in [5, 5.41) is 9.12. The number of carbonyl (C=O) groups is 1. The second-order valence-electron chi connectivity index (χ2n) is 3.90. The Bertz CT molecular complexity index is 577. The number of fused-ring (bicyclic) bond motifs is 1. The van der Waals surface area contributed by atoms with Crippen LogP contribution in [-0.4, -0.2) is 34.1 Å². The Morgan fingerprint density at radius 3 is 2.94 bits per heavy atom. The van der Waals surface area contributed by atoms with E-state index in [1.54, 1.807) is 29.8 Å². The van der Waals surface area contributed by atoms with Crippen LogP contribution < -0.4 is 10.5 Å². The van der Waals surface area contributed by atoms with Crippen LogP contribution in [0, 0.1) is 0 Å². The molecule has 0 amide bonds. The SMILES string of the molecule is COc1ccc2c(C(=O)O)nc(CCCN)n2c1. The van der Waals surface area contributed by atoms with Gasteiger partial charge in [-0.25, -0.2) is 9.78 Å². The zero-order valence-electron chi connectivity index (χ0n) is 10.1. The number of aryl methyl sites for hydroxylation is 1. The average molecular weight is 249 g/mol. The van der Waals surface area contributed by atoms with Crippen molar-refractivity contribution in [2.45, 2.75) is 12.8 Å². The number of ether oxygens (including phenoxy) is 1. The zero-order valence-corrected chi connectivity index (χ0v) is 10.1. The first-order chi connectivity index (χ1) is 8.67. The van der Waals surface area contributed by atoms with Gasteiger partial charge in [0.05, 0.1) is 18.8 Å². The Balaban J connectivity index is 2.57. The fourth-order valence-corrected chi connectivity index (χ4v) is 1.84. The molecule has 0 bridgehead atoms. The average Bonchev–Trinajstić information content (AvgIpc) is 2.74. The third-order valence-electron chi connectivity index (χ3n) is 2.73. The van der Waals surface area contributed by atoms with Crippen LogP contribution in [0.15, 0.2) is 18.3 Å². The van der Waals surface area contributed by atoms with Crippen molar-refractivity contribution in [2.75, 3.05) is 13.7 Å². The van der Waals surface area contributed by atoms with E-state index < -0.39 is 5.97 Å². The van der Waals surface area contributed by atoms with Crippen molar-refractivity contribution in [1.29, 1.82) is 0 Å². The van der Waals surface area contributed by atoms with Crippen molar-refractivity contribution in [3.63, 3.8) is 0 Å². The number of methoxy groups -OCH3 is 1. The number of hydrogen-bond donors (Lipinski definition) is 2. The number of carboxylic acid groups (broad SMARTS) is 1. The number of aromatic carboxylic acids is 1. The second-order valence-corrected chi connectivity index (χ2v) is 3.90. The monoisotopic (exact) mass is 249 g/mol. The number of imidazole rings is 1. The normalized spacial score (nSPS) is 10.8. The van der Waals surface area contributed by atoms with Gasteiger partial charge in [0.15, 0.2) is 5.69 Å². The Hall–Kier alpha value is -2.08. The molecule has 3 N–H and O–H groups in total. The molecule has 2 rings (SSSR count). The van der Waals surface area contributed by atoms with E-state index in [1.165, 1.54) is 0 Å². The van der Waals surface area contributed by atoms with Gasteiger partial charge in [-0.2, -0.15) is 0 Å². The third kappa shape index (κ3) is 2.14. The molecule has 0 atom stereocenters. The van der Waals surface area contributed by atoms with Crippen LogP contribution in [0.3, 0.4) is 0 Å². The molecule has 6 heteroatoms. The van der Waals surface area contributed by atoms with Crippen molar-refractivity contribution >= 4 is 11.5 Å². The van der Waals surface area contributed by atoms with Crippen molar-refractivity contribution in [1.82, 2.24) is 9.38 Å². The molecular weight excluding hydrogens is 234 g/mol. The molecule has 0 aliphatic rings. The fourth-order valence-electron chi connectivity index (χ4n) is 1.84. The Morgan fingerprint density at radius 2 is 2.33 bits per heavy atom. The van der Waals surface area contributed by atoms with Gasteiger partial charge in [0.2, 0.25) is 0 Å². The summed E-state index contributed by atoms with van der Waals surface area (Å²) in [6, 6.07) is 3.41. The highest BCUT2D eigenvalue weighted by Gasteiger charge is 2.16. The predicted molar refractivity (Wildman–Crippen MR) is 66.1 cm³/mol. The summed E-state index contributed by atoms with van der Waals surface area (Å²) in [4.78, 5) is 15.3. The third-order valence-corrected chi connectivity index (χ3v) is 2.73. The van der Waals surface area contributed by atoms with Crippen molar-refractivity contribution in [2.24, 2.45) is 5.73 Å². The molecule has 0 spiro atoms. The van der Waals surface area contributed by atoms with Gasteiger partial charge in [-0.15, -0.1) is 0 Å². The number of rotatable bonds is 5. The summed E-state index contributed by atoms with van der Waals surface area (Å²) >= 11 is 0. The lowest BCUT2D eigenvalue weighted by Crippen LogP contribution is -2.03. The van der Waals surface area contributed by atoms with E-state index in [0.29, 0.717) is 30.1 Å². The minimum Gasteiger partial charge on any atom is -0.495 e. The molecule has 2 heterocycles. The van der Waals surface area contributed by atoms with Gasteiger partial charge in [0.25, 0.3) is 0 Å². The van der Waals surface area contributed by atoms with Gasteiger partial charge in [0.1, 0.15) is 11.6 Å². The number of carboxylic acids is 1. The van der Waals surface area contributed by atoms with Crippen LogP contribution >= 0.6 is 0 Å². The molecule has 0 fully saturated rings. The summed E-state index contributed by atoms with van der Waals surface area (Å²) in [5.74, 6) is 0.314. The molecule has 0 aliphatic carbocycles. The molecule has 96 valence electrons. The van der Waals surface area contributed by atoms with Gasteiger partial charge in [-0.3, -0.25) is 4.40 Å². The molecule has 18 heavy (non-hydrogen) atoms. The summed E-state index contributed by atoms with van der Waals surface area (Å²) < 4.78 is 6.88. The zero-order chi connectivity index (χ0) is 13.1. The highest BCUT2D eigenvalue weighted by molar-refractivity contribution is 5.93. The summed E-state index contributed by atoms with van der Waals surface area (Å²) in [7, 11) is 1.57. The van der Waals surface area contributed by atoms with Crippen LogP contribution in [0.4, 0.5) is 0 Å². The highest BCUT2D eigenvalue weighted by atomic mass is 16.5. The number of pyridine rings is 1. The van der Waals surface area contributed by atoms with Crippen LogP contribution in [0.5, 0.6) is 5.75 Å². The smallest absolute Gasteiger partial charge is 0.356 e. The molecule has 0 saturated carbocycles. The molecule has 2 aromatic heterocycles. The van der Waals surface area contributed by atoms with E-state index in [9.17, 15) is 4.79 Å². The summed E-state index contributed by atoms with van der Waals surface area (Å²) in [5.41, 5.74) is 6.09. The summed E-state index contributed by atoms with van der Waals surface area (Å²) in [6.45, 7) is 0.543. The largest absolute Gasteiger partial charge is 0.495 e. The van der Waals surface area contributed by atoms with Crippen LogP contribution in [-0.2, 0) is 6.42 Å². The lowest BCUT2D eigenvalue weighted by Gasteiger charge is -2.03. The molecule has 0 aromatic carbocycles. The van der Waals surface area contributed by atoms with E-state index in [4.69, 9.17) is 15.6 Å². The molecule has 0 unspecified atom stereocenters. The predicted octanol–water partition coefficient (Wildman–Crippen LogP) is 0.932. The Kier molecular flexibility index (Phi) is 3.47. The topological polar surface area (TPSA) is 89.8 Å². The van der Waals surface area contributed by atoms with Gasteiger partial charge >= 0.3 is 5.97 Å². The minimum atomic E-state index is -1.03. The minimum absolute atomic E-state index is 0.0599. The van der Waals surface area contributed by atoms with E-state index in [-0.39, 0.29) is 5.69 Å². The highest BCUT2D eigenvalue weighted by Crippen LogP contribution is 2.19. The lowest BCUT2D eigenvalue weighted by atomic mass is 10.3. The first kappa shape index (κ1) is 12.4. The van der Waals surface area contributed by atoms with E-state index in [1.807, 2.05) is 0 Å². The molecule has 6 nitrogen and oxygen atoms in total. The molecule has 0 radical (unpaired) electrons. The van der Waals surface area contributed by atoms with E-state index in [0.717, 1.165) is 6.42 Å². The van der Waals surface area contributed by atoms with E-state index in [2.05, 4.69) is 4.98 Å². The number of nitrogens with zero attached hydrogens (tertiary/aromatic N) is 2.